The van der Waals surface area contributed by atoms with Gasteiger partial charge in [0, 0.05) is 12.8 Å². The van der Waals surface area contributed by atoms with Gasteiger partial charge in [-0.2, -0.15) is 0 Å². The lowest BCUT2D eigenvalue weighted by atomic mass is 10.1. The zero-order valence-corrected chi connectivity index (χ0v) is 9.06. The molecule has 1 aliphatic carbocycles. The number of rotatable bonds is 6. The van der Waals surface area contributed by atoms with Crippen LogP contribution in [0.1, 0.15) is 32.1 Å². The molecule has 4 heteroatoms. The summed E-state index contributed by atoms with van der Waals surface area (Å²) in [4.78, 5) is 21.5. The Morgan fingerprint density at radius 3 is 2.81 bits per heavy atom. The van der Waals surface area contributed by atoms with Crippen LogP contribution in [0, 0.1) is 0 Å². The Morgan fingerprint density at radius 1 is 1.50 bits per heavy atom. The molecule has 1 aliphatic rings. The first-order chi connectivity index (χ1) is 7.59. The van der Waals surface area contributed by atoms with Gasteiger partial charge in [0.2, 0.25) is 0 Å². The number of aliphatic hydroxyl groups excluding tert-OH is 1. The molecule has 1 atom stereocenters. The number of carbonyl (C=O) groups is 2. The van der Waals surface area contributed by atoms with Crippen molar-refractivity contribution in [3.8, 4) is 0 Å². The van der Waals surface area contributed by atoms with Crippen molar-refractivity contribution < 1.29 is 19.8 Å². The lowest BCUT2D eigenvalue weighted by Crippen LogP contribution is -2.00. The van der Waals surface area contributed by atoms with E-state index in [1.807, 2.05) is 12.2 Å². The first-order valence-electron chi connectivity index (χ1n) is 5.38. The van der Waals surface area contributed by atoms with Crippen molar-refractivity contribution in [2.45, 2.75) is 38.2 Å². The molecule has 0 radical (unpaired) electrons. The molecule has 0 aromatic carbocycles. The predicted molar refractivity (Wildman–Crippen MR) is 59.0 cm³/mol. The predicted octanol–water partition coefficient (Wildman–Crippen LogP) is 1.45. The lowest BCUT2D eigenvalue weighted by Gasteiger charge is -1.94. The lowest BCUT2D eigenvalue weighted by molar-refractivity contribution is -0.137. The summed E-state index contributed by atoms with van der Waals surface area (Å²) in [5, 5.41) is 17.6. The molecule has 0 saturated carbocycles. The quantitative estimate of drug-likeness (QED) is 0.529. The second-order valence-electron chi connectivity index (χ2n) is 3.85. The molecule has 0 bridgehead atoms. The summed E-state index contributed by atoms with van der Waals surface area (Å²) in [5.74, 6) is -0.784. The maximum atomic E-state index is 11.3. The van der Waals surface area contributed by atoms with Gasteiger partial charge in [-0.1, -0.05) is 12.2 Å². The highest BCUT2D eigenvalue weighted by Gasteiger charge is 2.20. The van der Waals surface area contributed by atoms with E-state index in [1.54, 1.807) is 6.08 Å². The molecule has 16 heavy (non-hydrogen) atoms. The molecular weight excluding hydrogens is 208 g/mol. The highest BCUT2D eigenvalue weighted by atomic mass is 16.4. The number of ketones is 1. The van der Waals surface area contributed by atoms with E-state index in [-0.39, 0.29) is 18.6 Å². The number of aliphatic carboxylic acids is 1. The maximum absolute atomic E-state index is 11.3. The van der Waals surface area contributed by atoms with Crippen molar-refractivity contribution in [2.75, 3.05) is 0 Å². The molecular formula is C12H16O4. The van der Waals surface area contributed by atoms with Crippen LogP contribution < -0.4 is 0 Å². The molecule has 1 rings (SSSR count). The van der Waals surface area contributed by atoms with Crippen LogP contribution in [-0.4, -0.2) is 28.1 Å². The molecule has 2 N–H and O–H groups in total. The number of aliphatic hydroxyl groups is 1. The van der Waals surface area contributed by atoms with Crippen molar-refractivity contribution in [1.29, 1.82) is 0 Å². The Kier molecular flexibility index (Phi) is 4.92. The number of hydrogen-bond donors (Lipinski definition) is 2. The van der Waals surface area contributed by atoms with Crippen LogP contribution in [0.15, 0.2) is 23.8 Å². The van der Waals surface area contributed by atoms with E-state index in [1.165, 1.54) is 0 Å². The first kappa shape index (κ1) is 12.6. The summed E-state index contributed by atoms with van der Waals surface area (Å²) in [6.07, 6.45) is 6.91. The van der Waals surface area contributed by atoms with E-state index < -0.39 is 12.1 Å². The SMILES string of the molecule is O=C(O)CCCC=CCC1=C[C@@H](O)CC1=O. The van der Waals surface area contributed by atoms with Crippen molar-refractivity contribution in [3.05, 3.63) is 23.8 Å². The molecule has 88 valence electrons. The average molecular weight is 224 g/mol. The standard InChI is InChI=1S/C12H16O4/c13-10-7-9(11(14)8-10)5-3-1-2-4-6-12(15)16/h1,3,7,10,13H,2,4-6,8H2,(H,15,16)/t10-/m1/s1. The monoisotopic (exact) mass is 224 g/mol. The third kappa shape index (κ3) is 4.40. The third-order valence-corrected chi connectivity index (χ3v) is 2.41. The number of carboxylic acid groups (broad SMARTS) is 1. The minimum absolute atomic E-state index is 0.00249. The van der Waals surface area contributed by atoms with E-state index >= 15 is 0 Å². The Bertz CT molecular complexity index is 328. The molecule has 0 fully saturated rings. The van der Waals surface area contributed by atoms with Crippen LogP contribution in [0.3, 0.4) is 0 Å². The van der Waals surface area contributed by atoms with Crippen molar-refractivity contribution in [1.82, 2.24) is 0 Å². The van der Waals surface area contributed by atoms with Crippen LogP contribution in [0.2, 0.25) is 0 Å². The normalized spacial score (nSPS) is 20.4. The van der Waals surface area contributed by atoms with Crippen LogP contribution in [0.5, 0.6) is 0 Å². The molecule has 0 aromatic rings. The minimum atomic E-state index is -0.787. The van der Waals surface area contributed by atoms with Gasteiger partial charge in [-0.3, -0.25) is 9.59 Å². The third-order valence-electron chi connectivity index (χ3n) is 2.41. The van der Waals surface area contributed by atoms with Gasteiger partial charge in [0.25, 0.3) is 0 Å². The highest BCUT2D eigenvalue weighted by Crippen LogP contribution is 2.18. The zero-order valence-electron chi connectivity index (χ0n) is 9.06. The maximum Gasteiger partial charge on any atom is 0.303 e. The highest BCUT2D eigenvalue weighted by molar-refractivity contribution is 5.98. The second-order valence-corrected chi connectivity index (χ2v) is 3.85. The summed E-state index contributed by atoms with van der Waals surface area (Å²) >= 11 is 0. The molecule has 4 nitrogen and oxygen atoms in total. The topological polar surface area (TPSA) is 74.6 Å². The van der Waals surface area contributed by atoms with E-state index in [0.717, 1.165) is 0 Å². The Labute approximate surface area is 94.3 Å². The number of carbonyl (C=O) groups excluding carboxylic acids is 1. The smallest absolute Gasteiger partial charge is 0.303 e. The Morgan fingerprint density at radius 2 is 2.25 bits per heavy atom. The fourth-order valence-corrected chi connectivity index (χ4v) is 1.59. The largest absolute Gasteiger partial charge is 0.481 e. The minimum Gasteiger partial charge on any atom is -0.481 e. The van der Waals surface area contributed by atoms with Gasteiger partial charge in [0.1, 0.15) is 0 Å². The van der Waals surface area contributed by atoms with Crippen molar-refractivity contribution >= 4 is 11.8 Å². The van der Waals surface area contributed by atoms with Gasteiger partial charge in [0.05, 0.1) is 6.10 Å². The molecule has 0 aliphatic heterocycles. The van der Waals surface area contributed by atoms with Gasteiger partial charge in [-0.15, -0.1) is 0 Å². The van der Waals surface area contributed by atoms with E-state index in [2.05, 4.69) is 0 Å². The fraction of sp³-hybridized carbons (Fsp3) is 0.500. The summed E-state index contributed by atoms with van der Waals surface area (Å²) < 4.78 is 0. The van der Waals surface area contributed by atoms with Crippen molar-refractivity contribution in [2.24, 2.45) is 0 Å². The molecule has 0 aromatic heterocycles. The van der Waals surface area contributed by atoms with Gasteiger partial charge >= 0.3 is 5.97 Å². The van der Waals surface area contributed by atoms with Gasteiger partial charge in [-0.05, 0) is 30.9 Å². The number of Topliss-reactive ketones (excluding diaryl/α,β-unsaturated/α-hetero) is 1. The average Bonchev–Trinajstić information content (AvgIpc) is 2.50. The van der Waals surface area contributed by atoms with Crippen LogP contribution in [-0.2, 0) is 9.59 Å². The number of allylic oxidation sites excluding steroid dienone is 3. The van der Waals surface area contributed by atoms with Gasteiger partial charge in [0.15, 0.2) is 5.78 Å². The number of unbranched alkanes of at least 4 members (excludes halogenated alkanes) is 1. The summed E-state index contributed by atoms with van der Waals surface area (Å²) in [5.41, 5.74) is 0.655. The van der Waals surface area contributed by atoms with Crippen LogP contribution >= 0.6 is 0 Å². The second kappa shape index (κ2) is 6.23. The Balaban J connectivity index is 2.19. The number of hydrogen-bond acceptors (Lipinski definition) is 3. The van der Waals surface area contributed by atoms with E-state index in [0.29, 0.717) is 24.8 Å². The van der Waals surface area contributed by atoms with Crippen LogP contribution in [0.25, 0.3) is 0 Å². The van der Waals surface area contributed by atoms with E-state index in [4.69, 9.17) is 5.11 Å². The number of carboxylic acids is 1. The summed E-state index contributed by atoms with van der Waals surface area (Å²) in [6.45, 7) is 0. The molecule has 0 spiro atoms. The molecule has 0 amide bonds. The van der Waals surface area contributed by atoms with Crippen molar-refractivity contribution in [3.63, 3.8) is 0 Å². The van der Waals surface area contributed by atoms with Gasteiger partial charge in [-0.25, -0.2) is 0 Å². The zero-order chi connectivity index (χ0) is 12.0. The Hall–Kier alpha value is -1.42. The van der Waals surface area contributed by atoms with E-state index in [9.17, 15) is 14.7 Å². The summed E-state index contributed by atoms with van der Waals surface area (Å²) in [7, 11) is 0. The first-order valence-corrected chi connectivity index (χ1v) is 5.38. The fourth-order valence-electron chi connectivity index (χ4n) is 1.59. The van der Waals surface area contributed by atoms with Gasteiger partial charge < -0.3 is 10.2 Å². The molecule has 0 saturated heterocycles. The van der Waals surface area contributed by atoms with Crippen LogP contribution in [0.4, 0.5) is 0 Å². The molecule has 0 unspecified atom stereocenters. The molecule has 0 heterocycles. The summed E-state index contributed by atoms with van der Waals surface area (Å²) in [6, 6.07) is 0.